The molecule has 0 aliphatic carbocycles. The molecule has 164 valence electrons. The zero-order chi connectivity index (χ0) is 22.7. The van der Waals surface area contributed by atoms with E-state index in [-0.39, 0.29) is 17.8 Å². The van der Waals surface area contributed by atoms with Gasteiger partial charge in [-0.05, 0) is 24.3 Å². The first-order valence-electron chi connectivity index (χ1n) is 9.08. The molecule has 12 heteroatoms. The summed E-state index contributed by atoms with van der Waals surface area (Å²) in [6.45, 7) is 0. The van der Waals surface area contributed by atoms with E-state index in [1.165, 1.54) is 6.26 Å². The van der Waals surface area contributed by atoms with Crippen molar-refractivity contribution in [2.45, 2.75) is 5.75 Å². The number of aromatic nitrogens is 3. The lowest BCUT2D eigenvalue weighted by Gasteiger charge is -2.02. The van der Waals surface area contributed by atoms with Crippen molar-refractivity contribution in [3.05, 3.63) is 70.7 Å². The Bertz CT molecular complexity index is 1370. The molecule has 0 aliphatic heterocycles. The maximum absolute atomic E-state index is 12.4. The summed E-state index contributed by atoms with van der Waals surface area (Å²) in [4.78, 5) is 16.3. The quantitative estimate of drug-likeness (QED) is 0.405. The lowest BCUT2D eigenvalue weighted by Crippen LogP contribution is -2.24. The van der Waals surface area contributed by atoms with E-state index in [9.17, 15) is 13.2 Å². The molecular formula is C20H14Cl2N4O5S. The van der Waals surface area contributed by atoms with Gasteiger partial charge in [-0.25, -0.2) is 8.42 Å². The third-order valence-corrected chi connectivity index (χ3v) is 6.13. The molecule has 1 amide bonds. The zero-order valence-electron chi connectivity index (χ0n) is 16.2. The highest BCUT2D eigenvalue weighted by atomic mass is 35.5. The molecule has 0 atom stereocenters. The van der Waals surface area contributed by atoms with Crippen LogP contribution in [0.15, 0.2) is 63.6 Å². The Balaban J connectivity index is 1.38. The number of anilines is 1. The van der Waals surface area contributed by atoms with Gasteiger partial charge in [0.2, 0.25) is 17.7 Å². The maximum atomic E-state index is 12.4. The lowest BCUT2D eigenvalue weighted by atomic mass is 10.2. The summed E-state index contributed by atoms with van der Waals surface area (Å²) in [6.07, 6.45) is 1.34. The number of sulfone groups is 1. The van der Waals surface area contributed by atoms with Gasteiger partial charge < -0.3 is 8.83 Å². The summed E-state index contributed by atoms with van der Waals surface area (Å²) in [6, 6.07) is 13.5. The van der Waals surface area contributed by atoms with Crippen LogP contribution in [-0.4, -0.2) is 35.3 Å². The molecule has 2 aromatic heterocycles. The molecule has 0 radical (unpaired) electrons. The number of nitrogens with one attached hydrogen (secondary N) is 1. The molecule has 4 rings (SSSR count). The topological polar surface area (TPSA) is 128 Å². The van der Waals surface area contributed by atoms with Crippen molar-refractivity contribution in [2.24, 2.45) is 0 Å². The van der Waals surface area contributed by atoms with E-state index in [0.29, 0.717) is 21.3 Å². The lowest BCUT2D eigenvalue weighted by molar-refractivity contribution is -0.114. The first-order chi connectivity index (χ1) is 15.3. The molecule has 0 bridgehead atoms. The minimum atomic E-state index is -3.91. The SMILES string of the molecule is O=C(CS(=O)(=O)Cc1nnc(-c2ccccc2Cl)o1)Nc1nc(-c2ccc(Cl)cc2)co1. The van der Waals surface area contributed by atoms with E-state index in [4.69, 9.17) is 32.0 Å². The predicted molar refractivity (Wildman–Crippen MR) is 118 cm³/mol. The van der Waals surface area contributed by atoms with Crippen molar-refractivity contribution < 1.29 is 22.0 Å². The fourth-order valence-corrected chi connectivity index (χ4v) is 4.14. The first-order valence-corrected chi connectivity index (χ1v) is 11.7. The highest BCUT2D eigenvalue weighted by molar-refractivity contribution is 7.91. The summed E-state index contributed by atoms with van der Waals surface area (Å²) >= 11 is 11.9. The Morgan fingerprint density at radius 3 is 2.53 bits per heavy atom. The van der Waals surface area contributed by atoms with Gasteiger partial charge in [-0.3, -0.25) is 10.1 Å². The van der Waals surface area contributed by atoms with Gasteiger partial charge in [-0.2, -0.15) is 4.98 Å². The van der Waals surface area contributed by atoms with Gasteiger partial charge in [0, 0.05) is 10.6 Å². The van der Waals surface area contributed by atoms with Crippen molar-refractivity contribution in [1.29, 1.82) is 0 Å². The maximum Gasteiger partial charge on any atom is 0.301 e. The number of rotatable bonds is 7. The van der Waals surface area contributed by atoms with Gasteiger partial charge in [0.05, 0.1) is 10.6 Å². The standard InChI is InChI=1S/C20H14Cl2N4O5S/c21-13-7-5-12(6-8-13)16-9-30-20(23-16)24-17(27)10-32(28,29)11-18-25-26-19(31-18)14-3-1-2-4-15(14)22/h1-9H,10-11H2,(H,23,24,27). The summed E-state index contributed by atoms with van der Waals surface area (Å²) in [5.74, 6) is -2.33. The average Bonchev–Trinajstić information content (AvgIpc) is 3.38. The number of carbonyl (C=O) groups is 1. The third-order valence-electron chi connectivity index (χ3n) is 4.16. The Morgan fingerprint density at radius 2 is 1.78 bits per heavy atom. The second kappa shape index (κ2) is 9.11. The Labute approximate surface area is 192 Å². The minimum absolute atomic E-state index is 0.0831. The van der Waals surface area contributed by atoms with Gasteiger partial charge in [0.1, 0.15) is 23.5 Å². The van der Waals surface area contributed by atoms with Crippen molar-refractivity contribution >= 4 is 45.0 Å². The van der Waals surface area contributed by atoms with Gasteiger partial charge in [-0.15, -0.1) is 10.2 Å². The predicted octanol–water partition coefficient (Wildman–Crippen LogP) is 4.25. The zero-order valence-corrected chi connectivity index (χ0v) is 18.5. The van der Waals surface area contributed by atoms with E-state index in [1.807, 2.05) is 0 Å². The summed E-state index contributed by atoms with van der Waals surface area (Å²) < 4.78 is 35.4. The minimum Gasteiger partial charge on any atom is -0.431 e. The molecule has 0 saturated carbocycles. The van der Waals surface area contributed by atoms with Crippen molar-refractivity contribution in [3.8, 4) is 22.7 Å². The van der Waals surface area contributed by atoms with Gasteiger partial charge in [-0.1, -0.05) is 47.5 Å². The van der Waals surface area contributed by atoms with Crippen LogP contribution in [0, 0.1) is 0 Å². The Kier molecular flexibility index (Phi) is 6.26. The third kappa shape index (κ3) is 5.34. The normalized spacial score (nSPS) is 11.4. The monoisotopic (exact) mass is 492 g/mol. The molecule has 0 fully saturated rings. The Morgan fingerprint density at radius 1 is 1.03 bits per heavy atom. The van der Waals surface area contributed by atoms with Crippen LogP contribution in [0.25, 0.3) is 22.7 Å². The number of oxazole rings is 1. The molecule has 0 spiro atoms. The molecule has 32 heavy (non-hydrogen) atoms. The van der Waals surface area contributed by atoms with Gasteiger partial charge in [0.15, 0.2) is 9.84 Å². The van der Waals surface area contributed by atoms with Crippen molar-refractivity contribution in [2.75, 3.05) is 11.1 Å². The average molecular weight is 493 g/mol. The molecule has 1 N–H and O–H groups in total. The fourth-order valence-electron chi connectivity index (χ4n) is 2.73. The smallest absolute Gasteiger partial charge is 0.301 e. The van der Waals surface area contributed by atoms with Gasteiger partial charge >= 0.3 is 6.01 Å². The molecular weight excluding hydrogens is 479 g/mol. The van der Waals surface area contributed by atoms with Crippen molar-refractivity contribution in [1.82, 2.24) is 15.2 Å². The summed E-state index contributed by atoms with van der Waals surface area (Å²) in [7, 11) is -3.91. The molecule has 4 aromatic rings. The second-order valence-corrected chi connectivity index (χ2v) is 9.51. The van der Waals surface area contributed by atoms with Crippen LogP contribution in [0.5, 0.6) is 0 Å². The van der Waals surface area contributed by atoms with E-state index < -0.39 is 27.3 Å². The van der Waals surface area contributed by atoms with Crippen LogP contribution in [0.1, 0.15) is 5.89 Å². The van der Waals surface area contributed by atoms with Crippen LogP contribution in [0.4, 0.5) is 6.01 Å². The Hall–Kier alpha value is -3.21. The number of amides is 1. The number of benzene rings is 2. The highest BCUT2D eigenvalue weighted by Crippen LogP contribution is 2.26. The number of halogens is 2. The summed E-state index contributed by atoms with van der Waals surface area (Å²) in [5, 5.41) is 10.8. The molecule has 9 nitrogen and oxygen atoms in total. The van der Waals surface area contributed by atoms with E-state index in [2.05, 4.69) is 20.5 Å². The largest absolute Gasteiger partial charge is 0.431 e. The number of nitrogens with zero attached hydrogens (tertiary/aromatic N) is 3. The number of hydrogen-bond acceptors (Lipinski definition) is 8. The van der Waals surface area contributed by atoms with Crippen molar-refractivity contribution in [3.63, 3.8) is 0 Å². The molecule has 0 aliphatic rings. The van der Waals surface area contributed by atoms with E-state index >= 15 is 0 Å². The molecule has 2 heterocycles. The second-order valence-electron chi connectivity index (χ2n) is 6.61. The van der Waals surface area contributed by atoms with Crippen LogP contribution in [0.3, 0.4) is 0 Å². The number of carbonyl (C=O) groups excluding carboxylic acids is 1. The number of hydrogen-bond donors (Lipinski definition) is 1. The van der Waals surface area contributed by atoms with E-state index in [1.54, 1.807) is 48.5 Å². The van der Waals surface area contributed by atoms with Gasteiger partial charge in [0.25, 0.3) is 0 Å². The molecule has 0 unspecified atom stereocenters. The summed E-state index contributed by atoms with van der Waals surface area (Å²) in [5.41, 5.74) is 1.65. The van der Waals surface area contributed by atoms with Crippen LogP contribution < -0.4 is 5.32 Å². The van der Waals surface area contributed by atoms with Crippen LogP contribution >= 0.6 is 23.2 Å². The molecule has 0 saturated heterocycles. The van der Waals surface area contributed by atoms with E-state index in [0.717, 1.165) is 5.56 Å². The fraction of sp³-hybridized carbons (Fsp3) is 0.100. The highest BCUT2D eigenvalue weighted by Gasteiger charge is 2.23. The molecule has 2 aromatic carbocycles. The van der Waals surface area contributed by atoms with Crippen LogP contribution in [0.2, 0.25) is 10.0 Å². The first kappa shape index (κ1) is 22.0. The van der Waals surface area contributed by atoms with Crippen LogP contribution in [-0.2, 0) is 20.4 Å².